The first-order valence-electron chi connectivity index (χ1n) is 6.15. The van der Waals surface area contributed by atoms with E-state index >= 15 is 0 Å². The van der Waals surface area contributed by atoms with Gasteiger partial charge in [-0.1, -0.05) is 6.92 Å². The summed E-state index contributed by atoms with van der Waals surface area (Å²) in [6.07, 6.45) is 4.82. The average molecular weight is 270 g/mol. The van der Waals surface area contributed by atoms with Crippen LogP contribution in [0.1, 0.15) is 30.8 Å². The van der Waals surface area contributed by atoms with E-state index in [0.717, 1.165) is 13.0 Å². The van der Waals surface area contributed by atoms with Crippen LogP contribution < -0.4 is 5.32 Å². The lowest BCUT2D eigenvalue weighted by molar-refractivity contribution is 0.0720. The normalized spacial score (nSPS) is 14.2. The van der Waals surface area contributed by atoms with Gasteiger partial charge in [-0.3, -0.25) is 4.79 Å². The Morgan fingerprint density at radius 3 is 2.94 bits per heavy atom. The first kappa shape index (κ1) is 15.1. The Morgan fingerprint density at radius 2 is 2.33 bits per heavy atom. The fourth-order valence-corrected chi connectivity index (χ4v) is 2.50. The monoisotopic (exact) mass is 270 g/mol. The summed E-state index contributed by atoms with van der Waals surface area (Å²) in [4.78, 5) is 12.0. The summed E-state index contributed by atoms with van der Waals surface area (Å²) in [5.74, 6) is 0.471. The van der Waals surface area contributed by atoms with Crippen molar-refractivity contribution in [3.8, 4) is 0 Å². The summed E-state index contributed by atoms with van der Waals surface area (Å²) in [6, 6.07) is 3.67. The molecule has 4 nitrogen and oxygen atoms in total. The molecule has 0 saturated carbocycles. The number of aromatic nitrogens is 1. The van der Waals surface area contributed by atoms with Crippen molar-refractivity contribution in [3.63, 3.8) is 0 Å². The summed E-state index contributed by atoms with van der Waals surface area (Å²) in [5.41, 5.74) is -0.214. The van der Waals surface area contributed by atoms with Gasteiger partial charge in [-0.05, 0) is 31.7 Å². The predicted molar refractivity (Wildman–Crippen MR) is 76.1 cm³/mol. The van der Waals surface area contributed by atoms with Crippen LogP contribution in [-0.4, -0.2) is 39.7 Å². The maximum absolute atomic E-state index is 12.0. The van der Waals surface area contributed by atoms with Crippen LogP contribution >= 0.6 is 11.8 Å². The fourth-order valence-electron chi connectivity index (χ4n) is 1.78. The molecule has 0 aliphatic carbocycles. The van der Waals surface area contributed by atoms with Crippen LogP contribution in [0.25, 0.3) is 0 Å². The molecule has 1 unspecified atom stereocenters. The highest BCUT2D eigenvalue weighted by molar-refractivity contribution is 7.98. The van der Waals surface area contributed by atoms with E-state index < -0.39 is 5.60 Å². The van der Waals surface area contributed by atoms with Crippen molar-refractivity contribution in [3.05, 3.63) is 24.0 Å². The highest BCUT2D eigenvalue weighted by Gasteiger charge is 2.21. The molecule has 1 rings (SSSR count). The molecule has 5 heteroatoms. The molecule has 0 aromatic carbocycles. The van der Waals surface area contributed by atoms with E-state index in [1.54, 1.807) is 24.8 Å². The van der Waals surface area contributed by atoms with Crippen molar-refractivity contribution in [2.75, 3.05) is 18.6 Å². The number of aryl methyl sites for hydroxylation is 1. The molecule has 0 bridgehead atoms. The second-order valence-electron chi connectivity index (χ2n) is 4.70. The summed E-state index contributed by atoms with van der Waals surface area (Å²) < 4.78 is 1.93. The zero-order valence-electron chi connectivity index (χ0n) is 11.3. The van der Waals surface area contributed by atoms with E-state index in [-0.39, 0.29) is 12.5 Å². The van der Waals surface area contributed by atoms with Gasteiger partial charge in [0.05, 0.1) is 5.60 Å². The van der Waals surface area contributed by atoms with Gasteiger partial charge in [-0.2, -0.15) is 11.8 Å². The molecule has 1 amide bonds. The Morgan fingerprint density at radius 1 is 1.61 bits per heavy atom. The third-order valence-electron chi connectivity index (χ3n) is 2.61. The van der Waals surface area contributed by atoms with Gasteiger partial charge in [0.1, 0.15) is 5.69 Å². The molecule has 1 aromatic heterocycles. The van der Waals surface area contributed by atoms with Gasteiger partial charge in [-0.25, -0.2) is 0 Å². The molecule has 0 saturated heterocycles. The minimum Gasteiger partial charge on any atom is -0.387 e. The molecule has 1 aromatic rings. The van der Waals surface area contributed by atoms with Crippen molar-refractivity contribution in [2.45, 2.75) is 32.4 Å². The standard InChI is InChI=1S/C13H22N2O2S/c1-4-7-15-8-5-6-11(15)12(16)14-9-13(2,17)10-18-3/h5-6,8,17H,4,7,9-10H2,1-3H3,(H,14,16). The van der Waals surface area contributed by atoms with Crippen molar-refractivity contribution < 1.29 is 9.90 Å². The maximum Gasteiger partial charge on any atom is 0.268 e. The minimum absolute atomic E-state index is 0.130. The van der Waals surface area contributed by atoms with Crippen molar-refractivity contribution in [2.24, 2.45) is 0 Å². The van der Waals surface area contributed by atoms with E-state index in [2.05, 4.69) is 12.2 Å². The number of hydrogen-bond donors (Lipinski definition) is 2. The lowest BCUT2D eigenvalue weighted by Crippen LogP contribution is -2.42. The minimum atomic E-state index is -0.864. The molecule has 102 valence electrons. The van der Waals surface area contributed by atoms with Gasteiger partial charge in [0.15, 0.2) is 0 Å². The molecule has 0 fully saturated rings. The molecule has 2 N–H and O–H groups in total. The molecule has 1 atom stereocenters. The van der Waals surface area contributed by atoms with Gasteiger partial charge in [0.25, 0.3) is 5.91 Å². The Labute approximate surface area is 113 Å². The van der Waals surface area contributed by atoms with Crippen LogP contribution in [0.4, 0.5) is 0 Å². The van der Waals surface area contributed by atoms with E-state index in [1.807, 2.05) is 23.1 Å². The summed E-state index contributed by atoms with van der Waals surface area (Å²) in [7, 11) is 0. The maximum atomic E-state index is 12.0. The molecule has 0 spiro atoms. The number of hydrogen-bond acceptors (Lipinski definition) is 3. The van der Waals surface area contributed by atoms with Crippen LogP contribution in [-0.2, 0) is 6.54 Å². The summed E-state index contributed by atoms with van der Waals surface area (Å²) in [6.45, 7) is 4.90. The van der Waals surface area contributed by atoms with E-state index in [4.69, 9.17) is 0 Å². The number of carbonyl (C=O) groups is 1. The highest BCUT2D eigenvalue weighted by Crippen LogP contribution is 2.10. The first-order valence-corrected chi connectivity index (χ1v) is 7.54. The topological polar surface area (TPSA) is 54.3 Å². The first-order chi connectivity index (χ1) is 8.50. The molecular formula is C13H22N2O2S. The predicted octanol–water partition coefficient (Wildman–Crippen LogP) is 1.74. The number of nitrogens with one attached hydrogen (secondary N) is 1. The van der Waals surface area contributed by atoms with Crippen molar-refractivity contribution in [1.82, 2.24) is 9.88 Å². The molecule has 18 heavy (non-hydrogen) atoms. The summed E-state index contributed by atoms with van der Waals surface area (Å²) >= 11 is 1.56. The van der Waals surface area contributed by atoms with Crippen LogP contribution in [0, 0.1) is 0 Å². The molecule has 0 aliphatic rings. The smallest absolute Gasteiger partial charge is 0.268 e. The third kappa shape index (κ3) is 4.38. The van der Waals surface area contributed by atoms with E-state index in [0.29, 0.717) is 11.4 Å². The number of rotatable bonds is 7. The van der Waals surface area contributed by atoms with E-state index in [9.17, 15) is 9.90 Å². The fraction of sp³-hybridized carbons (Fsp3) is 0.615. The van der Waals surface area contributed by atoms with Gasteiger partial charge < -0.3 is 15.0 Å². The number of thioether (sulfide) groups is 1. The van der Waals surface area contributed by atoms with Gasteiger partial charge >= 0.3 is 0 Å². The van der Waals surface area contributed by atoms with Gasteiger partial charge in [0, 0.05) is 25.0 Å². The second-order valence-corrected chi connectivity index (χ2v) is 5.57. The Kier molecular flexibility index (Phi) is 5.75. The summed E-state index contributed by atoms with van der Waals surface area (Å²) in [5, 5.41) is 12.8. The van der Waals surface area contributed by atoms with Crippen LogP contribution in [0.15, 0.2) is 18.3 Å². The second kappa shape index (κ2) is 6.85. The lowest BCUT2D eigenvalue weighted by Gasteiger charge is -2.22. The number of nitrogens with zero attached hydrogens (tertiary/aromatic N) is 1. The SMILES string of the molecule is CCCn1cccc1C(=O)NCC(C)(O)CSC. The zero-order chi connectivity index (χ0) is 13.6. The van der Waals surface area contributed by atoms with Crippen LogP contribution in [0.5, 0.6) is 0 Å². The Balaban J connectivity index is 2.57. The van der Waals surface area contributed by atoms with E-state index in [1.165, 1.54) is 0 Å². The van der Waals surface area contributed by atoms with Gasteiger partial charge in [-0.15, -0.1) is 0 Å². The Hall–Kier alpha value is -0.940. The Bertz CT molecular complexity index is 388. The third-order valence-corrected chi connectivity index (χ3v) is 3.52. The average Bonchev–Trinajstić information content (AvgIpc) is 2.75. The molecular weight excluding hydrogens is 248 g/mol. The quantitative estimate of drug-likeness (QED) is 0.793. The molecule has 0 radical (unpaired) electrons. The van der Waals surface area contributed by atoms with Gasteiger partial charge in [0.2, 0.25) is 0 Å². The lowest BCUT2D eigenvalue weighted by atomic mass is 10.1. The van der Waals surface area contributed by atoms with Crippen LogP contribution in [0.2, 0.25) is 0 Å². The molecule has 1 heterocycles. The number of carbonyl (C=O) groups excluding carboxylic acids is 1. The largest absolute Gasteiger partial charge is 0.387 e. The number of aliphatic hydroxyl groups is 1. The van der Waals surface area contributed by atoms with Crippen molar-refractivity contribution >= 4 is 17.7 Å². The van der Waals surface area contributed by atoms with Crippen molar-refractivity contribution in [1.29, 1.82) is 0 Å². The van der Waals surface area contributed by atoms with Crippen LogP contribution in [0.3, 0.4) is 0 Å². The zero-order valence-corrected chi connectivity index (χ0v) is 12.1. The highest BCUT2D eigenvalue weighted by atomic mass is 32.2. The molecule has 0 aliphatic heterocycles. The number of amides is 1.